The molecule has 22 heavy (non-hydrogen) atoms. The maximum absolute atomic E-state index is 11.5. The number of benzene rings is 1. The quantitative estimate of drug-likeness (QED) is 0.932. The maximum Gasteiger partial charge on any atom is 0.248 e. The summed E-state index contributed by atoms with van der Waals surface area (Å²) < 4.78 is 0. The summed E-state index contributed by atoms with van der Waals surface area (Å²) in [6.07, 6.45) is 1.78. The van der Waals surface area contributed by atoms with Crippen molar-refractivity contribution in [2.45, 2.75) is 6.54 Å². The van der Waals surface area contributed by atoms with Crippen LogP contribution in [-0.4, -0.2) is 58.6 Å². The van der Waals surface area contributed by atoms with Gasteiger partial charge in [0.05, 0.1) is 5.52 Å². The van der Waals surface area contributed by atoms with Crippen molar-refractivity contribution in [3.05, 3.63) is 41.0 Å². The second-order valence-corrected chi connectivity index (χ2v) is 5.83. The number of pyridine rings is 1. The first-order valence-corrected chi connectivity index (χ1v) is 7.70. The third kappa shape index (κ3) is 3.06. The molecule has 0 spiro atoms. The highest BCUT2D eigenvalue weighted by Crippen LogP contribution is 2.25. The Labute approximate surface area is 134 Å². The molecule has 2 heterocycles. The first kappa shape index (κ1) is 15.2. The van der Waals surface area contributed by atoms with Crippen LogP contribution in [0.2, 0.25) is 5.02 Å². The number of aliphatic hydroxyl groups excluding tert-OH is 1. The Morgan fingerprint density at radius 3 is 2.73 bits per heavy atom. The monoisotopic (exact) mass is 319 g/mol. The molecule has 116 valence electrons. The van der Waals surface area contributed by atoms with E-state index in [2.05, 4.69) is 9.88 Å². The molecule has 1 aromatic heterocycles. The highest BCUT2D eigenvalue weighted by atomic mass is 35.5. The molecule has 0 radical (unpaired) electrons. The molecule has 0 atom stereocenters. The van der Waals surface area contributed by atoms with Crippen molar-refractivity contribution < 1.29 is 9.90 Å². The SMILES string of the molecule is O=C(CO)N1CCN(Cc2ccc(Cl)c3cccnc23)CC1. The Bertz CT molecular complexity index is 684. The third-order valence-corrected chi connectivity index (χ3v) is 4.38. The van der Waals surface area contributed by atoms with Crippen LogP contribution in [0.25, 0.3) is 10.9 Å². The first-order valence-electron chi connectivity index (χ1n) is 7.32. The summed E-state index contributed by atoms with van der Waals surface area (Å²) in [6, 6.07) is 7.79. The maximum atomic E-state index is 11.5. The Morgan fingerprint density at radius 1 is 1.23 bits per heavy atom. The molecule has 0 bridgehead atoms. The summed E-state index contributed by atoms with van der Waals surface area (Å²) in [5.74, 6) is -0.196. The number of rotatable bonds is 3. The summed E-state index contributed by atoms with van der Waals surface area (Å²) in [5, 5.41) is 10.6. The molecular formula is C16H18ClN3O2. The van der Waals surface area contributed by atoms with Crippen molar-refractivity contribution >= 4 is 28.4 Å². The van der Waals surface area contributed by atoms with Crippen molar-refractivity contribution in [2.24, 2.45) is 0 Å². The molecule has 1 aromatic carbocycles. The van der Waals surface area contributed by atoms with Crippen LogP contribution in [0, 0.1) is 0 Å². The van der Waals surface area contributed by atoms with Crippen LogP contribution < -0.4 is 0 Å². The summed E-state index contributed by atoms with van der Waals surface area (Å²) in [6.45, 7) is 3.26. The van der Waals surface area contributed by atoms with E-state index in [1.807, 2.05) is 24.3 Å². The number of carbonyl (C=O) groups excluding carboxylic acids is 1. The van der Waals surface area contributed by atoms with E-state index in [4.69, 9.17) is 16.7 Å². The predicted molar refractivity (Wildman–Crippen MR) is 85.7 cm³/mol. The zero-order valence-corrected chi connectivity index (χ0v) is 13.0. The van der Waals surface area contributed by atoms with Gasteiger partial charge >= 0.3 is 0 Å². The van der Waals surface area contributed by atoms with E-state index in [9.17, 15) is 4.79 Å². The summed E-state index contributed by atoms with van der Waals surface area (Å²) >= 11 is 6.22. The Kier molecular flexibility index (Phi) is 4.57. The van der Waals surface area contributed by atoms with Crippen LogP contribution in [0.5, 0.6) is 0 Å². The zero-order valence-electron chi connectivity index (χ0n) is 12.2. The minimum absolute atomic E-state index is 0.196. The number of amides is 1. The van der Waals surface area contributed by atoms with Crippen molar-refractivity contribution in [3.63, 3.8) is 0 Å². The van der Waals surface area contributed by atoms with Crippen LogP contribution in [0.4, 0.5) is 0 Å². The first-order chi connectivity index (χ1) is 10.7. The fraction of sp³-hybridized carbons (Fsp3) is 0.375. The van der Waals surface area contributed by atoms with Gasteiger partial charge in [0.15, 0.2) is 0 Å². The number of hydrogen-bond acceptors (Lipinski definition) is 4. The summed E-state index contributed by atoms with van der Waals surface area (Å²) in [7, 11) is 0. The molecule has 0 aliphatic carbocycles. The van der Waals surface area contributed by atoms with Gasteiger partial charge in [-0.05, 0) is 23.8 Å². The lowest BCUT2D eigenvalue weighted by Crippen LogP contribution is -2.49. The highest BCUT2D eigenvalue weighted by molar-refractivity contribution is 6.35. The Hall–Kier alpha value is -1.69. The van der Waals surface area contributed by atoms with Gasteiger partial charge in [0, 0.05) is 49.3 Å². The number of fused-ring (bicyclic) bond motifs is 1. The largest absolute Gasteiger partial charge is 0.387 e. The van der Waals surface area contributed by atoms with Crippen molar-refractivity contribution in [1.29, 1.82) is 0 Å². The van der Waals surface area contributed by atoms with Gasteiger partial charge in [0.1, 0.15) is 6.61 Å². The smallest absolute Gasteiger partial charge is 0.248 e. The van der Waals surface area contributed by atoms with E-state index in [1.54, 1.807) is 11.1 Å². The topological polar surface area (TPSA) is 56.7 Å². The molecular weight excluding hydrogens is 302 g/mol. The fourth-order valence-electron chi connectivity index (χ4n) is 2.82. The highest BCUT2D eigenvalue weighted by Gasteiger charge is 2.21. The fourth-order valence-corrected chi connectivity index (χ4v) is 3.04. The minimum Gasteiger partial charge on any atom is -0.387 e. The standard InChI is InChI=1S/C16H18ClN3O2/c17-14-4-3-12(16-13(14)2-1-5-18-16)10-19-6-8-20(9-7-19)15(22)11-21/h1-5,21H,6-11H2. The lowest BCUT2D eigenvalue weighted by molar-refractivity contribution is -0.135. The van der Waals surface area contributed by atoms with Crippen LogP contribution in [0.3, 0.4) is 0 Å². The second-order valence-electron chi connectivity index (χ2n) is 5.42. The summed E-state index contributed by atoms with van der Waals surface area (Å²) in [5.41, 5.74) is 2.07. The van der Waals surface area contributed by atoms with Gasteiger partial charge in [0.25, 0.3) is 0 Å². The van der Waals surface area contributed by atoms with Gasteiger partial charge in [-0.15, -0.1) is 0 Å². The van der Waals surface area contributed by atoms with E-state index in [-0.39, 0.29) is 5.91 Å². The van der Waals surface area contributed by atoms with Gasteiger partial charge in [-0.25, -0.2) is 0 Å². The van der Waals surface area contributed by atoms with Crippen molar-refractivity contribution in [3.8, 4) is 0 Å². The molecule has 0 saturated carbocycles. The number of hydrogen-bond donors (Lipinski definition) is 1. The summed E-state index contributed by atoms with van der Waals surface area (Å²) in [4.78, 5) is 19.9. The van der Waals surface area contributed by atoms with E-state index < -0.39 is 6.61 Å². The molecule has 1 aliphatic heterocycles. The number of piperazine rings is 1. The van der Waals surface area contributed by atoms with Crippen molar-refractivity contribution in [2.75, 3.05) is 32.8 Å². The molecule has 1 aliphatic rings. The molecule has 1 fully saturated rings. The number of aromatic nitrogens is 1. The number of carbonyl (C=O) groups is 1. The molecule has 6 heteroatoms. The lowest BCUT2D eigenvalue weighted by atomic mass is 10.1. The van der Waals surface area contributed by atoms with Crippen LogP contribution in [-0.2, 0) is 11.3 Å². The van der Waals surface area contributed by atoms with Crippen LogP contribution in [0.15, 0.2) is 30.5 Å². The second kappa shape index (κ2) is 6.60. The van der Waals surface area contributed by atoms with Crippen LogP contribution in [0.1, 0.15) is 5.56 Å². The molecule has 1 saturated heterocycles. The van der Waals surface area contributed by atoms with E-state index in [0.717, 1.165) is 36.1 Å². The normalized spacial score (nSPS) is 16.2. The zero-order chi connectivity index (χ0) is 15.5. The van der Waals surface area contributed by atoms with Gasteiger partial charge in [-0.1, -0.05) is 17.7 Å². The van der Waals surface area contributed by atoms with E-state index >= 15 is 0 Å². The predicted octanol–water partition coefficient (Wildman–Crippen LogP) is 1.52. The van der Waals surface area contributed by atoms with Crippen molar-refractivity contribution in [1.82, 2.24) is 14.8 Å². The average molecular weight is 320 g/mol. The Balaban J connectivity index is 1.73. The van der Waals surface area contributed by atoms with Gasteiger partial charge < -0.3 is 10.0 Å². The minimum atomic E-state index is -0.411. The average Bonchev–Trinajstić information content (AvgIpc) is 2.57. The molecule has 0 unspecified atom stereocenters. The Morgan fingerprint density at radius 2 is 2.00 bits per heavy atom. The molecule has 2 aromatic rings. The van der Waals surface area contributed by atoms with Gasteiger partial charge in [-0.2, -0.15) is 0 Å². The number of aliphatic hydroxyl groups is 1. The van der Waals surface area contributed by atoms with E-state index in [0.29, 0.717) is 18.1 Å². The number of halogens is 1. The lowest BCUT2D eigenvalue weighted by Gasteiger charge is -2.34. The van der Waals surface area contributed by atoms with Gasteiger partial charge in [0.2, 0.25) is 5.91 Å². The third-order valence-electron chi connectivity index (χ3n) is 4.05. The molecule has 3 rings (SSSR count). The van der Waals surface area contributed by atoms with Gasteiger partial charge in [-0.3, -0.25) is 14.7 Å². The van der Waals surface area contributed by atoms with Crippen LogP contribution >= 0.6 is 11.6 Å². The molecule has 1 N–H and O–H groups in total. The number of nitrogens with zero attached hydrogens (tertiary/aromatic N) is 3. The molecule has 1 amide bonds. The van der Waals surface area contributed by atoms with E-state index in [1.165, 1.54) is 0 Å². The molecule has 5 nitrogen and oxygen atoms in total.